The number of nitro benzene ring substituents is 1. The first-order valence-electron chi connectivity index (χ1n) is 4.96. The normalized spacial score (nSPS) is 11.9. The SMILES string of the molecule is [CH2]C(C=C)c1cc(OCC)cc([N+](=O)[O-])c1. The van der Waals surface area contributed by atoms with Crippen LogP contribution < -0.4 is 4.74 Å². The van der Waals surface area contributed by atoms with E-state index in [0.29, 0.717) is 12.4 Å². The van der Waals surface area contributed by atoms with Crippen LogP contribution in [0.3, 0.4) is 0 Å². The fourth-order valence-electron chi connectivity index (χ4n) is 1.31. The van der Waals surface area contributed by atoms with Gasteiger partial charge in [-0.05, 0) is 25.5 Å². The number of nitrogens with zero attached hydrogens (tertiary/aromatic N) is 1. The van der Waals surface area contributed by atoms with E-state index in [1.807, 2.05) is 6.92 Å². The summed E-state index contributed by atoms with van der Waals surface area (Å²) in [6, 6.07) is 4.64. The minimum atomic E-state index is -0.443. The number of rotatable bonds is 5. The van der Waals surface area contributed by atoms with Gasteiger partial charge < -0.3 is 4.74 Å². The average molecular weight is 220 g/mol. The second kappa shape index (κ2) is 5.30. The molecule has 1 aromatic rings. The lowest BCUT2D eigenvalue weighted by Gasteiger charge is -2.09. The van der Waals surface area contributed by atoms with Crippen LogP contribution in [0, 0.1) is 17.0 Å². The largest absolute Gasteiger partial charge is 0.494 e. The molecule has 0 saturated heterocycles. The molecule has 0 heterocycles. The van der Waals surface area contributed by atoms with Gasteiger partial charge in [0.2, 0.25) is 0 Å². The van der Waals surface area contributed by atoms with E-state index in [-0.39, 0.29) is 11.6 Å². The van der Waals surface area contributed by atoms with Crippen LogP contribution in [-0.4, -0.2) is 11.5 Å². The molecule has 4 heteroatoms. The van der Waals surface area contributed by atoms with E-state index in [1.54, 1.807) is 12.1 Å². The molecule has 0 fully saturated rings. The van der Waals surface area contributed by atoms with Crippen LogP contribution in [0.1, 0.15) is 18.4 Å². The van der Waals surface area contributed by atoms with Crippen LogP contribution in [-0.2, 0) is 0 Å². The zero-order valence-electron chi connectivity index (χ0n) is 9.18. The Morgan fingerprint density at radius 1 is 1.56 bits per heavy atom. The van der Waals surface area contributed by atoms with Crippen LogP contribution in [0.4, 0.5) is 5.69 Å². The predicted octanol–water partition coefficient (Wildman–Crippen LogP) is 3.10. The van der Waals surface area contributed by atoms with E-state index in [2.05, 4.69) is 13.5 Å². The molecule has 1 rings (SSSR count). The van der Waals surface area contributed by atoms with Crippen LogP contribution in [0.5, 0.6) is 5.75 Å². The molecule has 0 aliphatic heterocycles. The highest BCUT2D eigenvalue weighted by atomic mass is 16.6. The van der Waals surface area contributed by atoms with Crippen molar-refractivity contribution >= 4 is 5.69 Å². The van der Waals surface area contributed by atoms with E-state index >= 15 is 0 Å². The molecule has 0 N–H and O–H groups in total. The van der Waals surface area contributed by atoms with Gasteiger partial charge in [-0.25, -0.2) is 0 Å². The van der Waals surface area contributed by atoms with Crippen molar-refractivity contribution in [2.45, 2.75) is 12.8 Å². The monoisotopic (exact) mass is 220 g/mol. The van der Waals surface area contributed by atoms with Crippen LogP contribution in [0.2, 0.25) is 0 Å². The predicted molar refractivity (Wildman–Crippen MR) is 62.6 cm³/mol. The number of allylic oxidation sites excluding steroid dienone is 1. The maximum absolute atomic E-state index is 10.7. The quantitative estimate of drug-likeness (QED) is 0.435. The number of benzene rings is 1. The molecule has 1 radical (unpaired) electrons. The van der Waals surface area contributed by atoms with Crippen molar-refractivity contribution in [3.05, 3.63) is 53.5 Å². The number of ether oxygens (including phenoxy) is 1. The molecule has 16 heavy (non-hydrogen) atoms. The second-order valence-electron chi connectivity index (χ2n) is 3.29. The molecular formula is C12H14NO3. The summed E-state index contributed by atoms with van der Waals surface area (Å²) in [5.74, 6) is 0.307. The molecular weight excluding hydrogens is 206 g/mol. The standard InChI is InChI=1S/C12H14NO3/c1-4-9(3)10-6-11(13(14)15)8-12(7-10)16-5-2/h4,6-9H,1,3,5H2,2H3. The second-order valence-corrected chi connectivity index (χ2v) is 3.29. The first-order valence-corrected chi connectivity index (χ1v) is 4.96. The highest BCUT2D eigenvalue weighted by Gasteiger charge is 2.12. The number of hydrogen-bond acceptors (Lipinski definition) is 3. The molecule has 1 atom stereocenters. The summed E-state index contributed by atoms with van der Waals surface area (Å²) in [6.07, 6.45) is 1.63. The summed E-state index contributed by atoms with van der Waals surface area (Å²) < 4.78 is 5.27. The Morgan fingerprint density at radius 2 is 2.25 bits per heavy atom. The van der Waals surface area contributed by atoms with Gasteiger partial charge in [0.05, 0.1) is 17.6 Å². The van der Waals surface area contributed by atoms with E-state index in [4.69, 9.17) is 4.74 Å². The number of hydrogen-bond donors (Lipinski definition) is 0. The summed E-state index contributed by atoms with van der Waals surface area (Å²) >= 11 is 0. The van der Waals surface area contributed by atoms with E-state index in [9.17, 15) is 10.1 Å². The third-order valence-corrected chi connectivity index (χ3v) is 2.15. The van der Waals surface area contributed by atoms with Crippen molar-refractivity contribution < 1.29 is 9.66 Å². The van der Waals surface area contributed by atoms with Gasteiger partial charge in [0.15, 0.2) is 0 Å². The van der Waals surface area contributed by atoms with Gasteiger partial charge in [0, 0.05) is 12.0 Å². The minimum Gasteiger partial charge on any atom is -0.494 e. The zero-order valence-corrected chi connectivity index (χ0v) is 9.18. The first kappa shape index (κ1) is 12.2. The van der Waals surface area contributed by atoms with Crippen molar-refractivity contribution in [2.24, 2.45) is 0 Å². The summed E-state index contributed by atoms with van der Waals surface area (Å²) in [4.78, 5) is 10.3. The third kappa shape index (κ3) is 2.82. The molecule has 0 aliphatic rings. The third-order valence-electron chi connectivity index (χ3n) is 2.15. The highest BCUT2D eigenvalue weighted by Crippen LogP contribution is 2.27. The van der Waals surface area contributed by atoms with Gasteiger partial charge in [-0.15, -0.1) is 6.58 Å². The van der Waals surface area contributed by atoms with Gasteiger partial charge >= 0.3 is 0 Å². The molecule has 0 aromatic heterocycles. The molecule has 0 amide bonds. The lowest BCUT2D eigenvalue weighted by Crippen LogP contribution is -1.98. The Balaban J connectivity index is 3.17. The Hall–Kier alpha value is -1.84. The van der Waals surface area contributed by atoms with Crippen LogP contribution in [0.25, 0.3) is 0 Å². The van der Waals surface area contributed by atoms with Crippen molar-refractivity contribution in [3.8, 4) is 5.75 Å². The summed E-state index contributed by atoms with van der Waals surface area (Å²) in [7, 11) is 0. The van der Waals surface area contributed by atoms with Gasteiger partial charge in [-0.3, -0.25) is 10.1 Å². The molecule has 1 unspecified atom stereocenters. The summed E-state index contributed by atoms with van der Waals surface area (Å²) in [5.41, 5.74) is 0.740. The number of non-ortho nitro benzene ring substituents is 1. The molecule has 85 valence electrons. The highest BCUT2D eigenvalue weighted by molar-refractivity contribution is 5.45. The maximum atomic E-state index is 10.7. The molecule has 1 aromatic carbocycles. The van der Waals surface area contributed by atoms with E-state index < -0.39 is 4.92 Å². The lowest BCUT2D eigenvalue weighted by molar-refractivity contribution is -0.385. The van der Waals surface area contributed by atoms with Crippen molar-refractivity contribution in [2.75, 3.05) is 6.61 Å². The molecule has 0 aliphatic carbocycles. The lowest BCUT2D eigenvalue weighted by atomic mass is 10.0. The van der Waals surface area contributed by atoms with Crippen molar-refractivity contribution in [3.63, 3.8) is 0 Å². The van der Waals surface area contributed by atoms with E-state index in [1.165, 1.54) is 12.1 Å². The molecule has 4 nitrogen and oxygen atoms in total. The summed E-state index contributed by atoms with van der Waals surface area (Å²) in [5, 5.41) is 10.7. The Kier molecular flexibility index (Phi) is 4.05. The Morgan fingerprint density at radius 3 is 2.75 bits per heavy atom. The van der Waals surface area contributed by atoms with Crippen molar-refractivity contribution in [1.29, 1.82) is 0 Å². The summed E-state index contributed by atoms with van der Waals surface area (Å²) in [6.45, 7) is 9.74. The minimum absolute atomic E-state index is 0.0106. The maximum Gasteiger partial charge on any atom is 0.273 e. The fourth-order valence-corrected chi connectivity index (χ4v) is 1.31. The smallest absolute Gasteiger partial charge is 0.273 e. The Labute approximate surface area is 94.7 Å². The van der Waals surface area contributed by atoms with Crippen molar-refractivity contribution in [1.82, 2.24) is 0 Å². The average Bonchev–Trinajstić information content (AvgIpc) is 2.28. The first-order chi connectivity index (χ1) is 7.58. The molecule has 0 spiro atoms. The fraction of sp³-hybridized carbons (Fsp3) is 0.250. The molecule has 0 saturated carbocycles. The zero-order chi connectivity index (χ0) is 12.1. The molecule has 0 bridgehead atoms. The van der Waals surface area contributed by atoms with Gasteiger partial charge in [-0.2, -0.15) is 0 Å². The topological polar surface area (TPSA) is 52.4 Å². The van der Waals surface area contributed by atoms with Gasteiger partial charge in [0.25, 0.3) is 5.69 Å². The van der Waals surface area contributed by atoms with Gasteiger partial charge in [-0.1, -0.05) is 6.08 Å². The van der Waals surface area contributed by atoms with Crippen LogP contribution >= 0.6 is 0 Å². The van der Waals surface area contributed by atoms with Gasteiger partial charge in [0.1, 0.15) is 5.75 Å². The van der Waals surface area contributed by atoms with Crippen LogP contribution in [0.15, 0.2) is 30.9 Å². The van der Waals surface area contributed by atoms with E-state index in [0.717, 1.165) is 5.56 Å². The number of nitro groups is 1. The Bertz CT molecular complexity index is 401.